The number of hydrogen-bond acceptors (Lipinski definition) is 4. The predicted octanol–water partition coefficient (Wildman–Crippen LogP) is 2.09. The molecule has 0 atom stereocenters. The fourth-order valence-corrected chi connectivity index (χ4v) is 0.537. The van der Waals surface area contributed by atoms with E-state index in [0.29, 0.717) is 13.2 Å². The highest BCUT2D eigenvalue weighted by molar-refractivity contribution is 5.66. The SMILES string of the molecule is C=CCOC(C)=O.CCCCOC(C)=O. The van der Waals surface area contributed by atoms with Gasteiger partial charge in [0.25, 0.3) is 0 Å². The third-order valence-corrected chi connectivity index (χ3v) is 1.21. The van der Waals surface area contributed by atoms with Gasteiger partial charge in [0.15, 0.2) is 0 Å². The smallest absolute Gasteiger partial charge is 0.302 e. The summed E-state index contributed by atoms with van der Waals surface area (Å²) in [6.45, 7) is 9.10. The first-order valence-electron chi connectivity index (χ1n) is 4.92. The van der Waals surface area contributed by atoms with Crippen LogP contribution in [-0.2, 0) is 19.1 Å². The summed E-state index contributed by atoms with van der Waals surface area (Å²) in [5.41, 5.74) is 0. The summed E-state index contributed by atoms with van der Waals surface area (Å²) in [4.78, 5) is 20.0. The van der Waals surface area contributed by atoms with Gasteiger partial charge in [-0.05, 0) is 6.42 Å². The zero-order valence-electron chi connectivity index (χ0n) is 9.75. The van der Waals surface area contributed by atoms with Gasteiger partial charge in [-0.1, -0.05) is 26.0 Å². The van der Waals surface area contributed by atoms with Gasteiger partial charge in [-0.3, -0.25) is 9.59 Å². The van der Waals surface area contributed by atoms with Crippen molar-refractivity contribution in [2.75, 3.05) is 13.2 Å². The number of unbranched alkanes of at least 4 members (excludes halogenated alkanes) is 1. The maximum absolute atomic E-state index is 10.1. The molecule has 0 aliphatic carbocycles. The van der Waals surface area contributed by atoms with E-state index in [1.165, 1.54) is 19.9 Å². The Labute approximate surface area is 91.3 Å². The molecule has 0 aromatic carbocycles. The molecule has 0 unspecified atom stereocenters. The molecule has 4 heteroatoms. The second kappa shape index (κ2) is 12.7. The maximum Gasteiger partial charge on any atom is 0.302 e. The molecule has 0 heterocycles. The Kier molecular flexibility index (Phi) is 13.6. The van der Waals surface area contributed by atoms with Gasteiger partial charge < -0.3 is 9.47 Å². The van der Waals surface area contributed by atoms with E-state index in [1.807, 2.05) is 0 Å². The molecule has 0 aliphatic heterocycles. The minimum atomic E-state index is -0.264. The Bertz CT molecular complexity index is 187. The highest BCUT2D eigenvalue weighted by Gasteiger charge is 1.88. The molecule has 0 aliphatic rings. The fourth-order valence-electron chi connectivity index (χ4n) is 0.537. The second-order valence-corrected chi connectivity index (χ2v) is 2.78. The molecular weight excluding hydrogens is 196 g/mol. The molecule has 0 fully saturated rings. The molecular formula is C11H20O4. The van der Waals surface area contributed by atoms with Crippen molar-refractivity contribution in [3.05, 3.63) is 12.7 Å². The monoisotopic (exact) mass is 216 g/mol. The third kappa shape index (κ3) is 24.5. The Balaban J connectivity index is 0. The molecule has 0 rings (SSSR count). The molecule has 0 aromatic rings. The number of carbonyl (C=O) groups excluding carboxylic acids is 2. The van der Waals surface area contributed by atoms with Crippen molar-refractivity contribution in [1.82, 2.24) is 0 Å². The van der Waals surface area contributed by atoms with E-state index in [0.717, 1.165) is 12.8 Å². The predicted molar refractivity (Wildman–Crippen MR) is 58.4 cm³/mol. The van der Waals surface area contributed by atoms with Gasteiger partial charge in [-0.25, -0.2) is 0 Å². The average molecular weight is 216 g/mol. The number of carbonyl (C=O) groups is 2. The summed E-state index contributed by atoms with van der Waals surface area (Å²) < 4.78 is 9.08. The lowest BCUT2D eigenvalue weighted by atomic mass is 10.4. The first-order valence-corrected chi connectivity index (χ1v) is 4.92. The van der Waals surface area contributed by atoms with Crippen LogP contribution in [0.2, 0.25) is 0 Å². The van der Waals surface area contributed by atoms with Gasteiger partial charge >= 0.3 is 11.9 Å². The molecule has 4 nitrogen and oxygen atoms in total. The first-order chi connectivity index (χ1) is 7.04. The quantitative estimate of drug-likeness (QED) is 0.401. The molecule has 0 N–H and O–H groups in total. The lowest BCUT2D eigenvalue weighted by molar-refractivity contribution is -0.141. The fraction of sp³-hybridized carbons (Fsp3) is 0.636. The minimum Gasteiger partial charge on any atom is -0.466 e. The third-order valence-electron chi connectivity index (χ3n) is 1.21. The number of ether oxygens (including phenoxy) is 2. The maximum atomic E-state index is 10.1. The lowest BCUT2D eigenvalue weighted by Crippen LogP contribution is -1.99. The average Bonchev–Trinajstić information content (AvgIpc) is 2.15. The van der Waals surface area contributed by atoms with Gasteiger partial charge in [0, 0.05) is 13.8 Å². The van der Waals surface area contributed by atoms with Crippen molar-refractivity contribution in [2.45, 2.75) is 33.6 Å². The molecule has 0 spiro atoms. The first kappa shape index (κ1) is 16.1. The Hall–Kier alpha value is -1.32. The van der Waals surface area contributed by atoms with Crippen LogP contribution in [0.5, 0.6) is 0 Å². The molecule has 0 bridgehead atoms. The van der Waals surface area contributed by atoms with E-state index in [2.05, 4.69) is 23.0 Å². The van der Waals surface area contributed by atoms with E-state index in [9.17, 15) is 9.59 Å². The minimum absolute atomic E-state index is 0.182. The topological polar surface area (TPSA) is 52.6 Å². The van der Waals surface area contributed by atoms with E-state index >= 15 is 0 Å². The summed E-state index contributed by atoms with van der Waals surface area (Å²) >= 11 is 0. The lowest BCUT2D eigenvalue weighted by Gasteiger charge is -1.96. The van der Waals surface area contributed by atoms with Crippen molar-refractivity contribution < 1.29 is 19.1 Å². The molecule has 0 saturated carbocycles. The van der Waals surface area contributed by atoms with E-state index in [-0.39, 0.29) is 11.9 Å². The van der Waals surface area contributed by atoms with Gasteiger partial charge in [-0.15, -0.1) is 0 Å². The van der Waals surface area contributed by atoms with Crippen LogP contribution in [0.15, 0.2) is 12.7 Å². The van der Waals surface area contributed by atoms with Crippen LogP contribution in [0.3, 0.4) is 0 Å². The van der Waals surface area contributed by atoms with Crippen molar-refractivity contribution >= 4 is 11.9 Å². The van der Waals surface area contributed by atoms with E-state index in [1.54, 1.807) is 0 Å². The number of rotatable bonds is 5. The summed E-state index contributed by atoms with van der Waals surface area (Å²) in [7, 11) is 0. The van der Waals surface area contributed by atoms with Gasteiger partial charge in [0.1, 0.15) is 6.61 Å². The summed E-state index contributed by atoms with van der Waals surface area (Å²) in [6, 6.07) is 0. The zero-order valence-corrected chi connectivity index (χ0v) is 9.75. The van der Waals surface area contributed by atoms with Crippen LogP contribution < -0.4 is 0 Å². The zero-order chi connectivity index (χ0) is 12.1. The number of esters is 2. The van der Waals surface area contributed by atoms with Crippen LogP contribution in [0.1, 0.15) is 33.6 Å². The molecule has 15 heavy (non-hydrogen) atoms. The summed E-state index contributed by atoms with van der Waals surface area (Å²) in [5, 5.41) is 0. The highest BCUT2D eigenvalue weighted by atomic mass is 16.5. The standard InChI is InChI=1S/C6H12O2.C5H8O2/c1-3-4-5-8-6(2)7;1-3-4-7-5(2)6/h3-5H2,1-2H3;3H,1,4H2,2H3. The van der Waals surface area contributed by atoms with Gasteiger partial charge in [-0.2, -0.15) is 0 Å². The highest BCUT2D eigenvalue weighted by Crippen LogP contribution is 1.86. The van der Waals surface area contributed by atoms with E-state index in [4.69, 9.17) is 0 Å². The van der Waals surface area contributed by atoms with Crippen LogP contribution >= 0.6 is 0 Å². The van der Waals surface area contributed by atoms with Crippen molar-refractivity contribution in [1.29, 1.82) is 0 Å². The summed E-state index contributed by atoms with van der Waals surface area (Å²) in [6.07, 6.45) is 3.58. The molecule has 0 amide bonds. The molecule has 88 valence electrons. The largest absolute Gasteiger partial charge is 0.466 e. The van der Waals surface area contributed by atoms with Gasteiger partial charge in [0.05, 0.1) is 6.61 Å². The van der Waals surface area contributed by atoms with Crippen molar-refractivity contribution in [2.24, 2.45) is 0 Å². The molecule has 0 radical (unpaired) electrons. The Morgan fingerprint density at radius 3 is 2.00 bits per heavy atom. The normalized spacial score (nSPS) is 8.20. The van der Waals surface area contributed by atoms with Crippen LogP contribution in [0, 0.1) is 0 Å². The van der Waals surface area contributed by atoms with Crippen LogP contribution in [0.4, 0.5) is 0 Å². The Morgan fingerprint density at radius 1 is 1.20 bits per heavy atom. The van der Waals surface area contributed by atoms with Crippen LogP contribution in [0.25, 0.3) is 0 Å². The Morgan fingerprint density at radius 2 is 1.73 bits per heavy atom. The van der Waals surface area contributed by atoms with Crippen LogP contribution in [-0.4, -0.2) is 25.2 Å². The van der Waals surface area contributed by atoms with Crippen molar-refractivity contribution in [3.63, 3.8) is 0 Å². The molecule has 0 saturated heterocycles. The second-order valence-electron chi connectivity index (χ2n) is 2.78. The number of hydrogen-bond donors (Lipinski definition) is 0. The van der Waals surface area contributed by atoms with Gasteiger partial charge in [0.2, 0.25) is 0 Å². The molecule has 0 aromatic heterocycles. The summed E-state index contributed by atoms with van der Waals surface area (Å²) in [5.74, 6) is -0.446. The van der Waals surface area contributed by atoms with Crippen molar-refractivity contribution in [3.8, 4) is 0 Å². The van der Waals surface area contributed by atoms with E-state index < -0.39 is 0 Å².